The lowest BCUT2D eigenvalue weighted by molar-refractivity contribution is -0.121. The lowest BCUT2D eigenvalue weighted by Crippen LogP contribution is -2.43. The Morgan fingerprint density at radius 2 is 1.44 bits per heavy atom. The van der Waals surface area contributed by atoms with Crippen molar-refractivity contribution in [3.8, 4) is 0 Å². The van der Waals surface area contributed by atoms with Crippen LogP contribution in [-0.2, 0) is 31.3 Å². The summed E-state index contributed by atoms with van der Waals surface area (Å²) in [5.74, 6) is -0.529. The van der Waals surface area contributed by atoms with Gasteiger partial charge in [0.1, 0.15) is 0 Å². The third-order valence-electron chi connectivity index (χ3n) is 5.33. The van der Waals surface area contributed by atoms with E-state index < -0.39 is 32.5 Å². The zero-order chi connectivity index (χ0) is 26.2. The van der Waals surface area contributed by atoms with E-state index in [1.807, 2.05) is 37.3 Å². The van der Waals surface area contributed by atoms with Crippen LogP contribution >= 0.6 is 15.9 Å². The van der Waals surface area contributed by atoms with Crippen LogP contribution in [0.2, 0.25) is 0 Å². The highest BCUT2D eigenvalue weighted by Gasteiger charge is 2.26. The first-order valence-corrected chi connectivity index (χ1v) is 14.9. The van der Waals surface area contributed by atoms with Gasteiger partial charge in [-0.25, -0.2) is 21.6 Å². The minimum absolute atomic E-state index is 0.00871. The first-order chi connectivity index (χ1) is 17.1. The van der Waals surface area contributed by atoms with Crippen molar-refractivity contribution in [1.82, 2.24) is 14.3 Å². The van der Waals surface area contributed by atoms with Crippen LogP contribution in [0.3, 0.4) is 0 Å². The molecule has 1 amide bonds. The van der Waals surface area contributed by atoms with Crippen molar-refractivity contribution in [3.63, 3.8) is 0 Å². The maximum Gasteiger partial charge on any atom is 0.243 e. The van der Waals surface area contributed by atoms with Crippen molar-refractivity contribution in [1.29, 1.82) is 0 Å². The second-order valence-corrected chi connectivity index (χ2v) is 12.7. The van der Waals surface area contributed by atoms with Crippen LogP contribution < -0.4 is 10.0 Å². The Bertz CT molecular complexity index is 1360. The van der Waals surface area contributed by atoms with Crippen LogP contribution in [0.5, 0.6) is 0 Å². The summed E-state index contributed by atoms with van der Waals surface area (Å²) in [4.78, 5) is 12.8. The second-order valence-electron chi connectivity index (χ2n) is 8.09. The van der Waals surface area contributed by atoms with Crippen LogP contribution in [0.1, 0.15) is 11.1 Å². The zero-order valence-corrected chi connectivity index (χ0v) is 22.9. The maximum atomic E-state index is 13.3. The van der Waals surface area contributed by atoms with Crippen molar-refractivity contribution >= 4 is 41.9 Å². The number of carbonyl (C=O) groups is 1. The average molecular weight is 595 g/mol. The molecule has 0 saturated carbocycles. The molecule has 3 aromatic carbocycles. The molecule has 8 nitrogen and oxygen atoms in total. The summed E-state index contributed by atoms with van der Waals surface area (Å²) < 4.78 is 55.6. The third-order valence-corrected chi connectivity index (χ3v) is 9.20. The Morgan fingerprint density at radius 1 is 0.833 bits per heavy atom. The molecule has 36 heavy (non-hydrogen) atoms. The standard InChI is InChI=1S/C25H28BrN3O5S2/c1-20-7-11-23(12-8-20)35(31,32)28-17-16-27-25(30)19-29(18-15-21-5-3-2-4-6-21)36(33,34)24-13-9-22(26)10-14-24/h2-14,28H,15-19H2,1H3,(H,27,30). The van der Waals surface area contributed by atoms with Gasteiger partial charge in [-0.05, 0) is 55.3 Å². The number of nitrogens with one attached hydrogen (secondary N) is 2. The monoisotopic (exact) mass is 593 g/mol. The number of carbonyl (C=O) groups excluding carboxylic acids is 1. The molecule has 0 heterocycles. The highest BCUT2D eigenvalue weighted by atomic mass is 79.9. The highest BCUT2D eigenvalue weighted by Crippen LogP contribution is 2.19. The smallest absolute Gasteiger partial charge is 0.243 e. The molecule has 0 atom stereocenters. The summed E-state index contributed by atoms with van der Waals surface area (Å²) in [6, 6.07) is 22.0. The first kappa shape index (κ1) is 28.0. The molecule has 3 aromatic rings. The third kappa shape index (κ3) is 7.97. The molecule has 0 unspecified atom stereocenters. The fraction of sp³-hybridized carbons (Fsp3) is 0.240. The van der Waals surface area contributed by atoms with Crippen LogP contribution in [0, 0.1) is 6.92 Å². The van der Waals surface area contributed by atoms with Gasteiger partial charge in [0.2, 0.25) is 26.0 Å². The Kier molecular flexibility index (Phi) is 9.80. The van der Waals surface area contributed by atoms with Gasteiger partial charge in [0.15, 0.2) is 0 Å². The lowest BCUT2D eigenvalue weighted by Gasteiger charge is -2.22. The molecule has 11 heteroatoms. The van der Waals surface area contributed by atoms with Gasteiger partial charge in [0.25, 0.3) is 0 Å². The quantitative estimate of drug-likeness (QED) is 0.313. The minimum atomic E-state index is -3.94. The van der Waals surface area contributed by atoms with Crippen LogP contribution in [0.15, 0.2) is 93.1 Å². The molecule has 0 aliphatic heterocycles. The number of amides is 1. The molecule has 0 bridgehead atoms. The normalized spacial score (nSPS) is 12.0. The molecular formula is C25H28BrN3O5S2. The van der Waals surface area contributed by atoms with Crippen molar-refractivity contribution in [2.24, 2.45) is 0 Å². The van der Waals surface area contributed by atoms with Gasteiger partial charge in [-0.2, -0.15) is 4.31 Å². The van der Waals surface area contributed by atoms with Crippen molar-refractivity contribution < 1.29 is 21.6 Å². The van der Waals surface area contributed by atoms with Gasteiger partial charge in [0, 0.05) is 24.1 Å². The second kappa shape index (κ2) is 12.6. The molecular weight excluding hydrogens is 566 g/mol. The van der Waals surface area contributed by atoms with Crippen LogP contribution in [0.4, 0.5) is 0 Å². The van der Waals surface area contributed by atoms with E-state index in [4.69, 9.17) is 0 Å². The average Bonchev–Trinajstić information content (AvgIpc) is 2.85. The minimum Gasteiger partial charge on any atom is -0.354 e. The summed E-state index contributed by atoms with van der Waals surface area (Å²) in [7, 11) is -7.65. The van der Waals surface area contributed by atoms with Gasteiger partial charge >= 0.3 is 0 Å². The Labute approximate surface area is 221 Å². The van der Waals surface area contributed by atoms with Gasteiger partial charge in [-0.1, -0.05) is 64.0 Å². The van der Waals surface area contributed by atoms with E-state index in [1.54, 1.807) is 24.3 Å². The number of halogens is 1. The highest BCUT2D eigenvalue weighted by molar-refractivity contribution is 9.10. The number of sulfonamides is 2. The SMILES string of the molecule is Cc1ccc(S(=O)(=O)NCCNC(=O)CN(CCc2ccccc2)S(=O)(=O)c2ccc(Br)cc2)cc1. The Morgan fingerprint density at radius 3 is 2.08 bits per heavy atom. The number of hydrogen-bond donors (Lipinski definition) is 2. The summed E-state index contributed by atoms with van der Waals surface area (Å²) >= 11 is 3.30. The van der Waals surface area contributed by atoms with E-state index in [9.17, 15) is 21.6 Å². The van der Waals surface area contributed by atoms with Crippen LogP contribution in [0.25, 0.3) is 0 Å². The summed E-state index contributed by atoms with van der Waals surface area (Å²) in [6.07, 6.45) is 0.431. The fourth-order valence-corrected chi connectivity index (χ4v) is 6.04. The molecule has 0 spiro atoms. The van der Waals surface area contributed by atoms with E-state index in [-0.39, 0.29) is 29.4 Å². The lowest BCUT2D eigenvalue weighted by atomic mass is 10.1. The van der Waals surface area contributed by atoms with Crippen molar-refractivity contribution in [2.75, 3.05) is 26.2 Å². The number of aryl methyl sites for hydroxylation is 1. The number of nitrogens with zero attached hydrogens (tertiary/aromatic N) is 1. The molecule has 0 radical (unpaired) electrons. The first-order valence-electron chi connectivity index (χ1n) is 11.2. The van der Waals surface area contributed by atoms with Crippen molar-refractivity contribution in [3.05, 3.63) is 94.5 Å². The molecule has 2 N–H and O–H groups in total. The van der Waals surface area contributed by atoms with Crippen LogP contribution in [-0.4, -0.2) is 53.2 Å². The molecule has 0 saturated heterocycles. The largest absolute Gasteiger partial charge is 0.354 e. The van der Waals surface area contributed by atoms with E-state index in [1.165, 1.54) is 24.3 Å². The van der Waals surface area contributed by atoms with E-state index in [2.05, 4.69) is 26.0 Å². The number of rotatable bonds is 12. The predicted molar refractivity (Wildman–Crippen MR) is 142 cm³/mol. The van der Waals surface area contributed by atoms with E-state index in [0.29, 0.717) is 6.42 Å². The number of hydrogen-bond acceptors (Lipinski definition) is 5. The zero-order valence-electron chi connectivity index (χ0n) is 19.7. The number of benzene rings is 3. The molecule has 3 rings (SSSR count). The van der Waals surface area contributed by atoms with Gasteiger partial charge in [-0.15, -0.1) is 0 Å². The predicted octanol–water partition coefficient (Wildman–Crippen LogP) is 3.09. The Hall–Kier alpha value is -2.57. The summed E-state index contributed by atoms with van der Waals surface area (Å²) in [5.41, 5.74) is 1.88. The molecule has 0 aliphatic carbocycles. The fourth-order valence-electron chi connectivity index (χ4n) is 3.34. The van der Waals surface area contributed by atoms with E-state index >= 15 is 0 Å². The topological polar surface area (TPSA) is 113 Å². The van der Waals surface area contributed by atoms with Crippen molar-refractivity contribution in [2.45, 2.75) is 23.1 Å². The van der Waals surface area contributed by atoms with Gasteiger partial charge in [-0.3, -0.25) is 4.79 Å². The Balaban J connectivity index is 1.62. The molecule has 192 valence electrons. The summed E-state index contributed by atoms with van der Waals surface area (Å²) in [6.45, 7) is 1.55. The van der Waals surface area contributed by atoms with Gasteiger partial charge < -0.3 is 5.32 Å². The molecule has 0 aliphatic rings. The molecule has 0 aromatic heterocycles. The molecule has 0 fully saturated rings. The summed E-state index contributed by atoms with van der Waals surface area (Å²) in [5, 5.41) is 2.60. The van der Waals surface area contributed by atoms with E-state index in [0.717, 1.165) is 19.9 Å². The van der Waals surface area contributed by atoms with Gasteiger partial charge in [0.05, 0.1) is 16.3 Å². The maximum absolute atomic E-state index is 13.3.